The second kappa shape index (κ2) is 8.79. The van der Waals surface area contributed by atoms with Gasteiger partial charge in [-0.1, -0.05) is 23.8 Å². The van der Waals surface area contributed by atoms with Crippen LogP contribution in [-0.2, 0) is 16.5 Å². The van der Waals surface area contributed by atoms with E-state index in [1.807, 2.05) is 31.4 Å². The molecule has 0 radical (unpaired) electrons. The lowest BCUT2D eigenvalue weighted by Crippen LogP contribution is -2.49. The molecular weight excluding hydrogens is 446 g/mol. The van der Waals surface area contributed by atoms with Crippen LogP contribution in [0.15, 0.2) is 42.6 Å². The number of carbonyl (C=O) groups is 1. The maximum Gasteiger partial charge on any atom is 0.287 e. The molecule has 10 heteroatoms. The summed E-state index contributed by atoms with van der Waals surface area (Å²) in [6, 6.07) is 12.3. The quantitative estimate of drug-likeness (QED) is 0.474. The number of fused-ring (bicyclic) bond motifs is 1. The highest BCUT2D eigenvalue weighted by Crippen LogP contribution is 2.29. The monoisotopic (exact) mass is 473 g/mol. The van der Waals surface area contributed by atoms with Crippen molar-refractivity contribution in [3.63, 3.8) is 0 Å². The number of rotatable bonds is 5. The van der Waals surface area contributed by atoms with Crippen molar-refractivity contribution in [2.45, 2.75) is 13.0 Å². The molecule has 5 heterocycles. The van der Waals surface area contributed by atoms with E-state index in [0.717, 1.165) is 30.0 Å². The smallest absolute Gasteiger partial charge is 0.287 e. The highest BCUT2D eigenvalue weighted by atomic mass is 16.5. The van der Waals surface area contributed by atoms with Gasteiger partial charge in [0.1, 0.15) is 5.52 Å². The minimum absolute atomic E-state index is 0.0219. The summed E-state index contributed by atoms with van der Waals surface area (Å²) >= 11 is 0. The van der Waals surface area contributed by atoms with Gasteiger partial charge in [-0.3, -0.25) is 4.79 Å². The number of aryl methyl sites for hydroxylation is 2. The Labute approximate surface area is 202 Å². The third-order valence-corrected chi connectivity index (χ3v) is 6.46. The normalized spacial score (nSPS) is 16.5. The zero-order valence-electron chi connectivity index (χ0n) is 19.8. The number of aromatic nitrogens is 5. The van der Waals surface area contributed by atoms with E-state index in [4.69, 9.17) is 24.5 Å². The Morgan fingerprint density at radius 1 is 1.09 bits per heavy atom. The number of carbonyl (C=O) groups excluding carboxylic acids is 1. The first-order chi connectivity index (χ1) is 17.1. The van der Waals surface area contributed by atoms with Gasteiger partial charge in [0.15, 0.2) is 11.5 Å². The van der Waals surface area contributed by atoms with E-state index < -0.39 is 0 Å². The van der Waals surface area contributed by atoms with Gasteiger partial charge < -0.3 is 24.3 Å². The minimum Gasteiger partial charge on any atom is -0.378 e. The van der Waals surface area contributed by atoms with Gasteiger partial charge in [0.2, 0.25) is 5.82 Å². The van der Waals surface area contributed by atoms with Crippen LogP contribution in [0.25, 0.3) is 28.2 Å². The zero-order chi connectivity index (χ0) is 23.9. The van der Waals surface area contributed by atoms with Gasteiger partial charge in [-0.05, 0) is 19.1 Å². The second-order valence-corrected chi connectivity index (χ2v) is 8.99. The first-order valence-corrected chi connectivity index (χ1v) is 11.8. The number of amides is 1. The molecule has 35 heavy (non-hydrogen) atoms. The second-order valence-electron chi connectivity index (χ2n) is 8.99. The fourth-order valence-electron chi connectivity index (χ4n) is 4.47. The van der Waals surface area contributed by atoms with Gasteiger partial charge in [-0.15, -0.1) is 0 Å². The predicted octanol–water partition coefficient (Wildman–Crippen LogP) is 2.09. The minimum atomic E-state index is -0.228. The summed E-state index contributed by atoms with van der Waals surface area (Å²) in [6.45, 7) is 5.88. The lowest BCUT2D eigenvalue weighted by Gasteiger charge is -2.29. The molecule has 0 unspecified atom stereocenters. The van der Waals surface area contributed by atoms with E-state index in [2.05, 4.69) is 35.3 Å². The average Bonchev–Trinajstić information content (AvgIpc) is 3.47. The van der Waals surface area contributed by atoms with Gasteiger partial charge in [0.25, 0.3) is 5.91 Å². The van der Waals surface area contributed by atoms with Crippen LogP contribution in [0.4, 0.5) is 5.69 Å². The maximum atomic E-state index is 12.9. The Kier molecular flexibility index (Phi) is 5.46. The Balaban J connectivity index is 1.44. The molecule has 4 aromatic rings. The Morgan fingerprint density at radius 3 is 2.66 bits per heavy atom. The highest BCUT2D eigenvalue weighted by molar-refractivity contribution is 5.97. The fraction of sp³-hybridized carbons (Fsp3) is 0.360. The van der Waals surface area contributed by atoms with Crippen molar-refractivity contribution in [2.24, 2.45) is 7.05 Å². The molecule has 3 aromatic heterocycles. The maximum absolute atomic E-state index is 12.9. The molecule has 180 valence electrons. The molecule has 0 aliphatic carbocycles. The van der Waals surface area contributed by atoms with Gasteiger partial charge in [0.05, 0.1) is 43.9 Å². The van der Waals surface area contributed by atoms with Crippen LogP contribution in [0.3, 0.4) is 0 Å². The molecule has 0 saturated carbocycles. The number of nitrogens with zero attached hydrogens (tertiary/aromatic N) is 6. The molecular formula is C25H27N7O3. The number of benzene rings is 1. The summed E-state index contributed by atoms with van der Waals surface area (Å²) in [5, 5.41) is 7.78. The van der Waals surface area contributed by atoms with E-state index in [1.165, 1.54) is 5.56 Å². The number of pyridine rings is 1. The Bertz CT molecular complexity index is 1400. The van der Waals surface area contributed by atoms with Gasteiger partial charge in [0, 0.05) is 38.0 Å². The number of nitrogens with one attached hydrogen (secondary N) is 1. The largest absolute Gasteiger partial charge is 0.378 e. The van der Waals surface area contributed by atoms with Crippen molar-refractivity contribution in [3.8, 4) is 17.1 Å². The predicted molar refractivity (Wildman–Crippen MR) is 131 cm³/mol. The van der Waals surface area contributed by atoms with Crippen molar-refractivity contribution >= 4 is 22.8 Å². The van der Waals surface area contributed by atoms with Crippen LogP contribution in [0.2, 0.25) is 0 Å². The molecule has 0 spiro atoms. The summed E-state index contributed by atoms with van der Waals surface area (Å²) in [5.41, 5.74) is 5.35. The van der Waals surface area contributed by atoms with Crippen LogP contribution in [0.1, 0.15) is 16.2 Å². The van der Waals surface area contributed by atoms with Gasteiger partial charge in [-0.25, -0.2) is 14.6 Å². The SMILES string of the molecule is Cc1cccc(-c2ccn(-c3cc(N4CCOCC4)c4nc(C(=O)NC5COC5)n(C)c4n3)n2)c1. The Hall–Kier alpha value is -3.76. The molecule has 0 atom stereocenters. The third-order valence-electron chi connectivity index (χ3n) is 6.46. The topological polar surface area (TPSA) is 99.3 Å². The van der Waals surface area contributed by atoms with E-state index in [9.17, 15) is 4.79 Å². The number of ether oxygens (including phenoxy) is 2. The van der Waals surface area contributed by atoms with Crippen molar-refractivity contribution in [2.75, 3.05) is 44.4 Å². The first-order valence-electron chi connectivity index (χ1n) is 11.8. The first kappa shape index (κ1) is 21.8. The number of morpholine rings is 1. The van der Waals surface area contributed by atoms with Crippen molar-refractivity contribution < 1.29 is 14.3 Å². The van der Waals surface area contributed by atoms with Crippen LogP contribution in [0.5, 0.6) is 0 Å². The van der Waals surface area contributed by atoms with Crippen molar-refractivity contribution in [3.05, 3.63) is 54.0 Å². The molecule has 1 aromatic carbocycles. The van der Waals surface area contributed by atoms with E-state index in [0.29, 0.717) is 49.2 Å². The summed E-state index contributed by atoms with van der Waals surface area (Å²) < 4.78 is 14.3. The molecule has 6 rings (SSSR count). The highest BCUT2D eigenvalue weighted by Gasteiger charge is 2.27. The fourth-order valence-corrected chi connectivity index (χ4v) is 4.47. The number of hydrogen-bond donors (Lipinski definition) is 1. The molecule has 2 aliphatic rings. The van der Waals surface area contributed by atoms with Crippen LogP contribution < -0.4 is 10.2 Å². The molecule has 2 fully saturated rings. The molecule has 2 saturated heterocycles. The summed E-state index contributed by atoms with van der Waals surface area (Å²) in [4.78, 5) is 24.8. The lowest BCUT2D eigenvalue weighted by molar-refractivity contribution is -0.00368. The number of imidazole rings is 1. The van der Waals surface area contributed by atoms with Crippen LogP contribution >= 0.6 is 0 Å². The number of hydrogen-bond acceptors (Lipinski definition) is 7. The molecule has 2 aliphatic heterocycles. The summed E-state index contributed by atoms with van der Waals surface area (Å²) in [5.74, 6) is 0.765. The summed E-state index contributed by atoms with van der Waals surface area (Å²) in [6.07, 6.45) is 1.91. The molecule has 0 bridgehead atoms. The summed E-state index contributed by atoms with van der Waals surface area (Å²) in [7, 11) is 1.82. The van der Waals surface area contributed by atoms with Gasteiger partial charge >= 0.3 is 0 Å². The molecule has 10 nitrogen and oxygen atoms in total. The van der Waals surface area contributed by atoms with Crippen LogP contribution in [-0.4, -0.2) is 75.8 Å². The van der Waals surface area contributed by atoms with Crippen molar-refractivity contribution in [1.82, 2.24) is 29.6 Å². The van der Waals surface area contributed by atoms with Gasteiger partial charge in [-0.2, -0.15) is 5.10 Å². The Morgan fingerprint density at radius 2 is 1.91 bits per heavy atom. The van der Waals surface area contributed by atoms with Crippen LogP contribution in [0, 0.1) is 6.92 Å². The third kappa shape index (κ3) is 4.04. The van der Waals surface area contributed by atoms with E-state index in [-0.39, 0.29) is 11.9 Å². The molecule has 1 amide bonds. The lowest BCUT2D eigenvalue weighted by atomic mass is 10.1. The number of anilines is 1. The zero-order valence-corrected chi connectivity index (χ0v) is 19.8. The average molecular weight is 474 g/mol. The molecule has 1 N–H and O–H groups in total. The van der Waals surface area contributed by atoms with E-state index in [1.54, 1.807) is 9.25 Å². The standard InChI is InChI=1S/C25H27N7O3/c1-16-4-3-5-17(12-16)19-6-7-32(29-19)21-13-20(31-8-10-34-11-9-31)22-23(27-21)30(2)24(28-22)25(33)26-18-14-35-15-18/h3-7,12-13,18H,8-11,14-15H2,1-2H3,(H,26,33). The van der Waals surface area contributed by atoms with Crippen molar-refractivity contribution in [1.29, 1.82) is 0 Å². The van der Waals surface area contributed by atoms with E-state index >= 15 is 0 Å².